The van der Waals surface area contributed by atoms with Gasteiger partial charge in [0, 0.05) is 15.5 Å². The molecule has 0 saturated carbocycles. The molecule has 2 N–H and O–H groups in total. The van der Waals surface area contributed by atoms with Crippen molar-refractivity contribution in [1.82, 2.24) is 0 Å². The Bertz CT molecular complexity index is 590. The topological polar surface area (TPSA) is 49.8 Å². The number of rotatable bonds is 2. The van der Waals surface area contributed by atoms with E-state index in [0.717, 1.165) is 9.79 Å². The summed E-state index contributed by atoms with van der Waals surface area (Å²) in [6, 6.07) is 15.0. The largest absolute Gasteiger partial charge is 0.398 e. The van der Waals surface area contributed by atoms with Crippen molar-refractivity contribution in [2.45, 2.75) is 9.79 Å². The molecule has 0 spiro atoms. The first-order valence-electron chi connectivity index (χ1n) is 4.92. The minimum atomic E-state index is 0.488. The molecule has 0 saturated heterocycles. The second kappa shape index (κ2) is 5.13. The Kier molecular flexibility index (Phi) is 3.58. The van der Waals surface area contributed by atoms with Crippen LogP contribution in [0.4, 0.5) is 5.69 Å². The van der Waals surface area contributed by atoms with Gasteiger partial charge < -0.3 is 5.73 Å². The number of anilines is 1. The van der Waals surface area contributed by atoms with Crippen molar-refractivity contribution >= 4 is 29.1 Å². The first-order valence-corrected chi connectivity index (χ1v) is 6.12. The molecule has 0 amide bonds. The minimum Gasteiger partial charge on any atom is -0.398 e. The van der Waals surface area contributed by atoms with Crippen molar-refractivity contribution in [1.29, 1.82) is 5.26 Å². The lowest BCUT2D eigenvalue weighted by atomic mass is 10.2. The van der Waals surface area contributed by atoms with Crippen molar-refractivity contribution < 1.29 is 0 Å². The van der Waals surface area contributed by atoms with E-state index in [-0.39, 0.29) is 0 Å². The maximum atomic E-state index is 8.90. The maximum Gasteiger partial charge on any atom is 0.101 e. The molecule has 0 aliphatic rings. The first-order chi connectivity index (χ1) is 8.20. The lowest BCUT2D eigenvalue weighted by Gasteiger charge is -2.05. The SMILES string of the molecule is N#Cc1cc(Sc2ccccc2Cl)ccc1N. The highest BCUT2D eigenvalue weighted by molar-refractivity contribution is 7.99. The predicted molar refractivity (Wildman–Crippen MR) is 71.1 cm³/mol. The van der Waals surface area contributed by atoms with Crippen molar-refractivity contribution in [3.63, 3.8) is 0 Å². The lowest BCUT2D eigenvalue weighted by Crippen LogP contribution is -1.89. The van der Waals surface area contributed by atoms with E-state index < -0.39 is 0 Å². The smallest absolute Gasteiger partial charge is 0.101 e. The highest BCUT2D eigenvalue weighted by Gasteiger charge is 2.04. The van der Waals surface area contributed by atoms with Crippen LogP contribution in [0.15, 0.2) is 52.3 Å². The molecule has 0 heterocycles. The number of hydrogen-bond acceptors (Lipinski definition) is 3. The average Bonchev–Trinajstić information content (AvgIpc) is 2.34. The van der Waals surface area contributed by atoms with Crippen LogP contribution in [0, 0.1) is 11.3 Å². The molecular formula is C13H9ClN2S. The van der Waals surface area contributed by atoms with Crippen molar-refractivity contribution in [2.75, 3.05) is 5.73 Å². The summed E-state index contributed by atoms with van der Waals surface area (Å²) in [6.45, 7) is 0. The summed E-state index contributed by atoms with van der Waals surface area (Å²) in [5.41, 5.74) is 6.65. The van der Waals surface area contributed by atoms with E-state index in [9.17, 15) is 0 Å². The Morgan fingerprint density at radius 3 is 2.65 bits per heavy atom. The van der Waals surface area contributed by atoms with Crippen LogP contribution >= 0.6 is 23.4 Å². The number of nitriles is 1. The zero-order chi connectivity index (χ0) is 12.3. The molecule has 0 bridgehead atoms. The standard InChI is InChI=1S/C13H9ClN2S/c14-11-3-1-2-4-13(11)17-10-5-6-12(16)9(7-10)8-15/h1-7H,16H2. The molecule has 0 unspecified atom stereocenters. The van der Waals surface area contributed by atoms with Crippen LogP contribution in [0.25, 0.3) is 0 Å². The molecule has 0 aliphatic heterocycles. The van der Waals surface area contributed by atoms with Gasteiger partial charge in [-0.2, -0.15) is 5.26 Å². The Hall–Kier alpha value is -1.63. The van der Waals surface area contributed by atoms with Gasteiger partial charge in [0.2, 0.25) is 0 Å². The third-order valence-corrected chi connectivity index (χ3v) is 3.72. The summed E-state index contributed by atoms with van der Waals surface area (Å²) >= 11 is 7.58. The molecule has 0 atom stereocenters. The van der Waals surface area contributed by atoms with Gasteiger partial charge >= 0.3 is 0 Å². The van der Waals surface area contributed by atoms with Crippen LogP contribution in [0.5, 0.6) is 0 Å². The van der Waals surface area contributed by atoms with Crippen molar-refractivity contribution in [2.24, 2.45) is 0 Å². The van der Waals surface area contributed by atoms with Crippen LogP contribution in [-0.4, -0.2) is 0 Å². The van der Waals surface area contributed by atoms with Crippen LogP contribution in [0.3, 0.4) is 0 Å². The average molecular weight is 261 g/mol. The fourth-order valence-corrected chi connectivity index (χ4v) is 2.48. The maximum absolute atomic E-state index is 8.90. The third kappa shape index (κ3) is 2.73. The van der Waals surface area contributed by atoms with Crippen LogP contribution in [-0.2, 0) is 0 Å². The number of hydrogen-bond donors (Lipinski definition) is 1. The number of nitrogen functional groups attached to an aromatic ring is 1. The van der Waals surface area contributed by atoms with Gasteiger partial charge in [-0.25, -0.2) is 0 Å². The molecule has 17 heavy (non-hydrogen) atoms. The normalized spacial score (nSPS) is 9.88. The van der Waals surface area contributed by atoms with E-state index in [1.807, 2.05) is 30.3 Å². The van der Waals surface area contributed by atoms with Gasteiger partial charge in [-0.15, -0.1) is 0 Å². The molecule has 0 fully saturated rings. The Labute approximate surface area is 109 Å². The minimum absolute atomic E-state index is 0.488. The monoisotopic (exact) mass is 260 g/mol. The summed E-state index contributed by atoms with van der Waals surface area (Å²) in [6.07, 6.45) is 0. The predicted octanol–water partition coefficient (Wildman–Crippen LogP) is 3.95. The van der Waals surface area contributed by atoms with E-state index in [4.69, 9.17) is 22.6 Å². The fourth-order valence-electron chi connectivity index (χ4n) is 1.35. The summed E-state index contributed by atoms with van der Waals surface area (Å²) in [5.74, 6) is 0. The van der Waals surface area contributed by atoms with Crippen LogP contribution in [0.1, 0.15) is 5.56 Å². The van der Waals surface area contributed by atoms with Gasteiger partial charge in [0.15, 0.2) is 0 Å². The van der Waals surface area contributed by atoms with Gasteiger partial charge in [-0.1, -0.05) is 35.5 Å². The van der Waals surface area contributed by atoms with Crippen LogP contribution < -0.4 is 5.73 Å². The highest BCUT2D eigenvalue weighted by Crippen LogP contribution is 2.34. The molecule has 2 rings (SSSR count). The number of benzene rings is 2. The van der Waals surface area contributed by atoms with E-state index in [1.165, 1.54) is 11.8 Å². The van der Waals surface area contributed by atoms with Crippen LogP contribution in [0.2, 0.25) is 5.02 Å². The fraction of sp³-hybridized carbons (Fsp3) is 0. The summed E-state index contributed by atoms with van der Waals surface area (Å²) < 4.78 is 0. The first kappa shape index (κ1) is 11.8. The van der Waals surface area contributed by atoms with Crippen molar-refractivity contribution in [3.8, 4) is 6.07 Å². The van der Waals surface area contributed by atoms with E-state index in [0.29, 0.717) is 16.3 Å². The number of halogens is 1. The highest BCUT2D eigenvalue weighted by atomic mass is 35.5. The molecule has 2 nitrogen and oxygen atoms in total. The van der Waals surface area contributed by atoms with Gasteiger partial charge in [0.05, 0.1) is 10.6 Å². The quantitative estimate of drug-likeness (QED) is 0.832. The van der Waals surface area contributed by atoms with Gasteiger partial charge in [0.25, 0.3) is 0 Å². The third-order valence-electron chi connectivity index (χ3n) is 2.21. The Morgan fingerprint density at radius 2 is 1.94 bits per heavy atom. The molecule has 2 aromatic rings. The number of nitrogens with two attached hydrogens (primary N) is 1. The second-order valence-electron chi connectivity index (χ2n) is 3.39. The summed E-state index contributed by atoms with van der Waals surface area (Å²) in [5, 5.41) is 9.60. The van der Waals surface area contributed by atoms with E-state index in [1.54, 1.807) is 12.1 Å². The molecule has 0 radical (unpaired) electrons. The summed E-state index contributed by atoms with van der Waals surface area (Å²) in [4.78, 5) is 1.91. The Balaban J connectivity index is 2.32. The Morgan fingerprint density at radius 1 is 1.18 bits per heavy atom. The van der Waals surface area contributed by atoms with Gasteiger partial charge in [0.1, 0.15) is 6.07 Å². The summed E-state index contributed by atoms with van der Waals surface area (Å²) in [7, 11) is 0. The molecule has 0 aromatic heterocycles. The van der Waals surface area contributed by atoms with Crippen molar-refractivity contribution in [3.05, 3.63) is 53.1 Å². The molecule has 4 heteroatoms. The van der Waals surface area contributed by atoms with Gasteiger partial charge in [-0.3, -0.25) is 0 Å². The molecule has 0 aliphatic carbocycles. The lowest BCUT2D eigenvalue weighted by molar-refractivity contribution is 1.38. The molecule has 2 aromatic carbocycles. The zero-order valence-electron chi connectivity index (χ0n) is 8.85. The van der Waals surface area contributed by atoms with E-state index in [2.05, 4.69) is 6.07 Å². The molecule has 84 valence electrons. The zero-order valence-corrected chi connectivity index (χ0v) is 10.4. The van der Waals surface area contributed by atoms with Gasteiger partial charge in [-0.05, 0) is 30.3 Å². The van der Waals surface area contributed by atoms with E-state index >= 15 is 0 Å². The number of nitrogens with zero attached hydrogens (tertiary/aromatic N) is 1. The molecular weight excluding hydrogens is 252 g/mol. The second-order valence-corrected chi connectivity index (χ2v) is 4.92.